The highest BCUT2D eigenvalue weighted by atomic mass is 32.1. The van der Waals surface area contributed by atoms with Gasteiger partial charge in [-0.1, -0.05) is 30.3 Å². The summed E-state index contributed by atoms with van der Waals surface area (Å²) < 4.78 is 16.5. The molecule has 1 unspecified atom stereocenters. The number of nitrogens with one attached hydrogen (secondary N) is 1. The molecule has 1 N–H and O–H groups in total. The van der Waals surface area contributed by atoms with Gasteiger partial charge in [0.15, 0.2) is 22.7 Å². The number of hydrogen-bond donors (Lipinski definition) is 1. The topological polar surface area (TPSA) is 86.8 Å². The maximum atomic E-state index is 12.5. The normalized spacial score (nSPS) is 13.8. The average molecular weight is 424 g/mol. The van der Waals surface area contributed by atoms with Crippen molar-refractivity contribution in [2.24, 2.45) is 0 Å². The first-order valence-corrected chi connectivity index (χ1v) is 10.4. The minimum absolute atomic E-state index is 0.291. The zero-order valence-corrected chi connectivity index (χ0v) is 17.1. The molecule has 0 fully saturated rings. The summed E-state index contributed by atoms with van der Waals surface area (Å²) in [5.41, 5.74) is 2.02. The Bertz CT molecular complexity index is 1050. The molecule has 1 atom stereocenters. The van der Waals surface area contributed by atoms with E-state index >= 15 is 0 Å². The predicted octanol–water partition coefficient (Wildman–Crippen LogP) is 4.16. The molecule has 30 heavy (non-hydrogen) atoms. The van der Waals surface area contributed by atoms with Gasteiger partial charge in [-0.2, -0.15) is 0 Å². The van der Waals surface area contributed by atoms with Crippen molar-refractivity contribution in [2.75, 3.05) is 18.5 Å². The molecule has 2 aromatic carbocycles. The lowest BCUT2D eigenvalue weighted by atomic mass is 10.2. The number of carbonyl (C=O) groups is 2. The third-order valence-corrected chi connectivity index (χ3v) is 5.20. The average Bonchev–Trinajstić information content (AvgIpc) is 3.10. The van der Waals surface area contributed by atoms with Gasteiger partial charge in [-0.25, -0.2) is 9.78 Å². The minimum Gasteiger partial charge on any atom is -0.490 e. The first-order valence-electron chi connectivity index (χ1n) is 9.52. The van der Waals surface area contributed by atoms with Gasteiger partial charge in [-0.15, -0.1) is 11.3 Å². The molecule has 7 nitrogen and oxygen atoms in total. The molecule has 0 saturated heterocycles. The van der Waals surface area contributed by atoms with Crippen LogP contribution in [0.4, 0.5) is 5.13 Å². The number of carbonyl (C=O) groups excluding carboxylic acids is 2. The van der Waals surface area contributed by atoms with Crippen molar-refractivity contribution in [2.45, 2.75) is 19.4 Å². The van der Waals surface area contributed by atoms with E-state index in [1.807, 2.05) is 35.7 Å². The fraction of sp³-hybridized carbons (Fsp3) is 0.227. The van der Waals surface area contributed by atoms with E-state index in [2.05, 4.69) is 10.3 Å². The van der Waals surface area contributed by atoms with Crippen molar-refractivity contribution in [3.8, 4) is 22.8 Å². The first-order chi connectivity index (χ1) is 14.6. The van der Waals surface area contributed by atoms with Gasteiger partial charge in [-0.05, 0) is 25.1 Å². The highest BCUT2D eigenvalue weighted by Crippen LogP contribution is 2.31. The van der Waals surface area contributed by atoms with Gasteiger partial charge < -0.3 is 14.2 Å². The lowest BCUT2D eigenvalue weighted by molar-refractivity contribution is -0.123. The molecule has 4 rings (SSSR count). The third-order valence-electron chi connectivity index (χ3n) is 4.44. The molecule has 2 heterocycles. The van der Waals surface area contributed by atoms with Crippen molar-refractivity contribution in [1.82, 2.24) is 4.98 Å². The Morgan fingerprint density at radius 3 is 2.67 bits per heavy atom. The maximum absolute atomic E-state index is 12.5. The zero-order valence-electron chi connectivity index (χ0n) is 16.3. The van der Waals surface area contributed by atoms with Gasteiger partial charge >= 0.3 is 5.97 Å². The SMILES string of the molecule is CC(OC(=O)c1ccc2c(c1)OCCCO2)C(=O)Nc1nc(-c2ccccc2)cs1. The van der Waals surface area contributed by atoms with E-state index in [1.165, 1.54) is 18.3 Å². The quantitative estimate of drug-likeness (QED) is 0.619. The van der Waals surface area contributed by atoms with Crippen LogP contribution >= 0.6 is 11.3 Å². The van der Waals surface area contributed by atoms with E-state index < -0.39 is 18.0 Å². The number of anilines is 1. The molecule has 0 radical (unpaired) electrons. The van der Waals surface area contributed by atoms with Crippen LogP contribution in [0.5, 0.6) is 11.5 Å². The summed E-state index contributed by atoms with van der Waals surface area (Å²) in [7, 11) is 0. The second-order valence-corrected chi connectivity index (χ2v) is 7.51. The molecular formula is C22H20N2O5S. The van der Waals surface area contributed by atoms with E-state index in [1.54, 1.807) is 18.2 Å². The summed E-state index contributed by atoms with van der Waals surface area (Å²) in [6.07, 6.45) is -0.216. The number of hydrogen-bond acceptors (Lipinski definition) is 7. The maximum Gasteiger partial charge on any atom is 0.339 e. The van der Waals surface area contributed by atoms with Gasteiger partial charge in [-0.3, -0.25) is 10.1 Å². The fourth-order valence-electron chi connectivity index (χ4n) is 2.85. The number of fused-ring (bicyclic) bond motifs is 1. The monoisotopic (exact) mass is 424 g/mol. The van der Waals surface area contributed by atoms with Crippen LogP contribution < -0.4 is 14.8 Å². The van der Waals surface area contributed by atoms with Crippen LogP contribution in [0.2, 0.25) is 0 Å². The summed E-state index contributed by atoms with van der Waals surface area (Å²) in [6.45, 7) is 2.60. The Balaban J connectivity index is 1.37. The minimum atomic E-state index is -0.988. The van der Waals surface area contributed by atoms with Gasteiger partial charge in [0.2, 0.25) is 0 Å². The summed E-state index contributed by atoms with van der Waals surface area (Å²) in [5.74, 6) is 0.0205. The first kappa shape index (κ1) is 19.9. The smallest absolute Gasteiger partial charge is 0.339 e. The number of esters is 1. The molecule has 1 aromatic heterocycles. The lowest BCUT2D eigenvalue weighted by Crippen LogP contribution is -2.30. The molecule has 3 aromatic rings. The van der Waals surface area contributed by atoms with Crippen molar-refractivity contribution in [1.29, 1.82) is 0 Å². The number of aromatic nitrogens is 1. The standard InChI is InChI=1S/C22H20N2O5S/c1-14(20(25)24-22-23-17(13-30-22)15-6-3-2-4-7-15)29-21(26)16-8-9-18-19(12-16)28-11-5-10-27-18/h2-4,6-9,12-14H,5,10-11H2,1H3,(H,23,24,25). The Hall–Kier alpha value is -3.39. The zero-order chi connectivity index (χ0) is 20.9. The van der Waals surface area contributed by atoms with Crippen LogP contribution in [0.15, 0.2) is 53.9 Å². The number of ether oxygens (including phenoxy) is 3. The Kier molecular flexibility index (Phi) is 5.94. The molecule has 0 saturated carbocycles. The summed E-state index contributed by atoms with van der Waals surface area (Å²) in [5, 5.41) is 5.00. The highest BCUT2D eigenvalue weighted by molar-refractivity contribution is 7.14. The third kappa shape index (κ3) is 4.60. The highest BCUT2D eigenvalue weighted by Gasteiger charge is 2.22. The van der Waals surface area contributed by atoms with Crippen LogP contribution in [-0.2, 0) is 9.53 Å². The summed E-state index contributed by atoms with van der Waals surface area (Å²) in [6, 6.07) is 14.5. The number of amides is 1. The van der Waals surface area contributed by atoms with E-state index in [9.17, 15) is 9.59 Å². The van der Waals surface area contributed by atoms with E-state index in [0.29, 0.717) is 35.4 Å². The van der Waals surface area contributed by atoms with Gasteiger partial charge in [0.05, 0.1) is 24.5 Å². The number of benzene rings is 2. The molecule has 0 aliphatic carbocycles. The predicted molar refractivity (Wildman–Crippen MR) is 113 cm³/mol. The van der Waals surface area contributed by atoms with E-state index in [4.69, 9.17) is 14.2 Å². The Morgan fingerprint density at radius 1 is 1.10 bits per heavy atom. The van der Waals surface area contributed by atoms with Gasteiger partial charge in [0.25, 0.3) is 5.91 Å². The van der Waals surface area contributed by atoms with E-state index in [-0.39, 0.29) is 0 Å². The number of thiazole rings is 1. The largest absolute Gasteiger partial charge is 0.490 e. The molecule has 0 bridgehead atoms. The Morgan fingerprint density at radius 2 is 1.87 bits per heavy atom. The molecule has 1 aliphatic rings. The van der Waals surface area contributed by atoms with Crippen LogP contribution in [0.3, 0.4) is 0 Å². The molecule has 8 heteroatoms. The Labute approximate surface area is 177 Å². The molecule has 0 spiro atoms. The summed E-state index contributed by atoms with van der Waals surface area (Å²) in [4.78, 5) is 29.3. The van der Waals surface area contributed by atoms with Crippen molar-refractivity contribution >= 4 is 28.3 Å². The molecular weight excluding hydrogens is 404 g/mol. The second-order valence-electron chi connectivity index (χ2n) is 6.65. The van der Waals surface area contributed by atoms with E-state index in [0.717, 1.165) is 17.7 Å². The van der Waals surface area contributed by atoms with Crippen molar-refractivity contribution in [3.05, 3.63) is 59.5 Å². The molecule has 154 valence electrons. The van der Waals surface area contributed by atoms with Crippen LogP contribution in [-0.4, -0.2) is 36.2 Å². The van der Waals surface area contributed by atoms with Gasteiger partial charge in [0.1, 0.15) is 0 Å². The van der Waals surface area contributed by atoms with Crippen LogP contribution in [0.1, 0.15) is 23.7 Å². The second kappa shape index (κ2) is 8.96. The fourth-order valence-corrected chi connectivity index (χ4v) is 3.57. The lowest BCUT2D eigenvalue weighted by Gasteiger charge is -2.13. The summed E-state index contributed by atoms with van der Waals surface area (Å²) >= 11 is 1.31. The number of nitrogens with zero attached hydrogens (tertiary/aromatic N) is 1. The van der Waals surface area contributed by atoms with Crippen molar-refractivity contribution < 1.29 is 23.8 Å². The van der Waals surface area contributed by atoms with Crippen molar-refractivity contribution in [3.63, 3.8) is 0 Å². The van der Waals surface area contributed by atoms with Gasteiger partial charge in [0, 0.05) is 17.4 Å². The number of rotatable bonds is 5. The molecule has 1 aliphatic heterocycles. The van der Waals surface area contributed by atoms with Crippen LogP contribution in [0, 0.1) is 0 Å². The van der Waals surface area contributed by atoms with Crippen LogP contribution in [0.25, 0.3) is 11.3 Å². The molecule has 1 amide bonds.